The van der Waals surface area contributed by atoms with Crippen LogP contribution in [0.1, 0.15) is 0 Å². The van der Waals surface area contributed by atoms with Gasteiger partial charge in [0, 0.05) is 46.0 Å². The van der Waals surface area contributed by atoms with Gasteiger partial charge < -0.3 is 4.81 Å². The number of aromatic nitrogens is 4. The number of rotatable bonds is 4. The number of nitrogens with zero attached hydrogens (tertiary/aromatic N) is 5. The van der Waals surface area contributed by atoms with Gasteiger partial charge in [0.25, 0.3) is 0 Å². The molecular weight excluding hydrogens is 609 g/mol. The van der Waals surface area contributed by atoms with Gasteiger partial charge in [-0.2, -0.15) is 0 Å². The van der Waals surface area contributed by atoms with Crippen molar-refractivity contribution in [1.29, 1.82) is 0 Å². The molecule has 0 saturated carbocycles. The van der Waals surface area contributed by atoms with Crippen molar-refractivity contribution in [3.8, 4) is 67.5 Å². The quantitative estimate of drug-likeness (QED) is 0.181. The molecule has 0 atom stereocenters. The third-order valence-electron chi connectivity index (χ3n) is 9.81. The summed E-state index contributed by atoms with van der Waals surface area (Å²) in [5, 5.41) is 0. The van der Waals surface area contributed by atoms with Gasteiger partial charge in [-0.1, -0.05) is 84.9 Å². The molecule has 0 N–H and O–H groups in total. The average molecular weight is 638 g/mol. The Morgan fingerprint density at radius 3 is 1.28 bits per heavy atom. The van der Waals surface area contributed by atoms with Crippen LogP contribution in [-0.2, 0) is 0 Å². The van der Waals surface area contributed by atoms with Gasteiger partial charge in [-0.25, -0.2) is 9.97 Å². The van der Waals surface area contributed by atoms with Crippen LogP contribution in [0.5, 0.6) is 0 Å². The highest BCUT2D eigenvalue weighted by atomic mass is 15.1. The third-order valence-corrected chi connectivity index (χ3v) is 9.81. The number of benzene rings is 4. The largest absolute Gasteiger partial charge is 0.376 e. The highest BCUT2D eigenvalue weighted by Gasteiger charge is 2.42. The fourth-order valence-corrected chi connectivity index (χ4v) is 7.56. The second-order valence-corrected chi connectivity index (χ2v) is 12.7. The highest BCUT2D eigenvalue weighted by molar-refractivity contribution is 6.92. The molecule has 2 aliphatic heterocycles. The summed E-state index contributed by atoms with van der Waals surface area (Å²) in [6.45, 7) is 0.0373. The van der Waals surface area contributed by atoms with Gasteiger partial charge in [-0.3, -0.25) is 9.97 Å². The van der Waals surface area contributed by atoms with Crippen LogP contribution in [0.25, 0.3) is 67.5 Å². The molecule has 0 bridgehead atoms. The van der Waals surface area contributed by atoms with Gasteiger partial charge in [-0.05, 0) is 94.8 Å². The first-order valence-electron chi connectivity index (χ1n) is 16.8. The van der Waals surface area contributed by atoms with Crippen molar-refractivity contribution < 1.29 is 0 Å². The summed E-state index contributed by atoms with van der Waals surface area (Å²) >= 11 is 0. The van der Waals surface area contributed by atoms with E-state index in [9.17, 15) is 0 Å². The van der Waals surface area contributed by atoms with E-state index >= 15 is 0 Å². The molecule has 232 valence electrons. The summed E-state index contributed by atoms with van der Waals surface area (Å²) in [6, 6.07) is 55.4. The Morgan fingerprint density at radius 1 is 0.360 bits per heavy atom. The molecule has 4 aromatic carbocycles. The van der Waals surface area contributed by atoms with Crippen LogP contribution in [0.4, 0.5) is 11.4 Å². The molecule has 2 aliphatic rings. The van der Waals surface area contributed by atoms with E-state index < -0.39 is 0 Å². The van der Waals surface area contributed by atoms with E-state index in [0.717, 1.165) is 45.3 Å². The van der Waals surface area contributed by atoms with Crippen molar-refractivity contribution in [2.45, 2.75) is 0 Å². The van der Waals surface area contributed by atoms with Gasteiger partial charge in [-0.15, -0.1) is 0 Å². The zero-order chi connectivity index (χ0) is 33.0. The molecule has 50 heavy (non-hydrogen) atoms. The molecule has 0 fully saturated rings. The minimum Gasteiger partial charge on any atom is -0.376 e. The Kier molecular flexibility index (Phi) is 6.52. The number of fused-ring (bicyclic) bond motifs is 11. The summed E-state index contributed by atoms with van der Waals surface area (Å²) in [5.74, 6) is 0. The van der Waals surface area contributed by atoms with E-state index in [4.69, 9.17) is 9.97 Å². The first kappa shape index (κ1) is 28.4. The average Bonchev–Trinajstić information content (AvgIpc) is 3.21. The molecule has 0 unspecified atom stereocenters. The van der Waals surface area contributed by atoms with E-state index in [-0.39, 0.29) is 6.85 Å². The zero-order valence-corrected chi connectivity index (χ0v) is 27.0. The van der Waals surface area contributed by atoms with Crippen LogP contribution >= 0.6 is 0 Å². The monoisotopic (exact) mass is 637 g/mol. The number of hydrogen-bond donors (Lipinski definition) is 0. The Balaban J connectivity index is 1.13. The maximum absolute atomic E-state index is 5.04. The van der Waals surface area contributed by atoms with Crippen LogP contribution in [0.2, 0.25) is 0 Å². The lowest BCUT2D eigenvalue weighted by atomic mass is 9.43. The van der Waals surface area contributed by atoms with Gasteiger partial charge in [0.15, 0.2) is 0 Å². The SMILES string of the molecule is c1ccc(-c2cccc(-c3ccc4c(c3)-c3ccccc3B3c5ccccc5-c5cc(-c6cccc(-c7ccccn7)n6)ccc5N34)n2)nc1. The molecule has 0 aliphatic carbocycles. The maximum atomic E-state index is 5.04. The maximum Gasteiger partial charge on any atom is 0.329 e. The molecule has 0 saturated heterocycles. The summed E-state index contributed by atoms with van der Waals surface area (Å²) in [5.41, 5.74) is 17.2. The van der Waals surface area contributed by atoms with Crippen LogP contribution in [-0.4, -0.2) is 26.8 Å². The molecule has 6 heteroatoms. The number of pyridine rings is 4. The van der Waals surface area contributed by atoms with Crippen LogP contribution < -0.4 is 15.7 Å². The second-order valence-electron chi connectivity index (χ2n) is 12.7. The molecule has 6 heterocycles. The third kappa shape index (κ3) is 4.57. The molecule has 8 aromatic rings. The van der Waals surface area contributed by atoms with Gasteiger partial charge in [0.05, 0.1) is 34.2 Å². The van der Waals surface area contributed by atoms with E-state index in [2.05, 4.69) is 124 Å². The number of anilines is 2. The van der Waals surface area contributed by atoms with Gasteiger partial charge >= 0.3 is 6.85 Å². The molecule has 5 nitrogen and oxygen atoms in total. The summed E-state index contributed by atoms with van der Waals surface area (Å²) < 4.78 is 0. The Hall–Kier alpha value is -6.66. The van der Waals surface area contributed by atoms with Crippen molar-refractivity contribution in [3.05, 3.63) is 170 Å². The Bertz CT molecular complexity index is 2390. The smallest absolute Gasteiger partial charge is 0.329 e. The van der Waals surface area contributed by atoms with E-state index in [1.54, 1.807) is 0 Å². The summed E-state index contributed by atoms with van der Waals surface area (Å²) in [7, 11) is 0. The lowest BCUT2D eigenvalue weighted by Crippen LogP contribution is -2.59. The molecular formula is C44H28BN5. The molecule has 10 rings (SSSR count). The minimum absolute atomic E-state index is 0.0373. The van der Waals surface area contributed by atoms with Crippen molar-refractivity contribution in [1.82, 2.24) is 19.9 Å². The van der Waals surface area contributed by atoms with Crippen LogP contribution in [0, 0.1) is 0 Å². The lowest BCUT2D eigenvalue weighted by Gasteiger charge is -2.43. The van der Waals surface area contributed by atoms with E-state index in [1.807, 2.05) is 60.9 Å². The van der Waals surface area contributed by atoms with Crippen LogP contribution in [0.15, 0.2) is 170 Å². The standard InChI is InChI=1S/C44H28BN5/c1-3-13-35-31(11-1)33-27-29(37-17-9-19-41(48-37)39-15-5-7-25-46-39)21-23-43(33)50-44-24-22-30(28-34(44)32-12-2-4-14-36(32)45(35)50)38-18-10-20-42(49-38)40-16-6-8-26-47-40/h1-28H. The first-order valence-corrected chi connectivity index (χ1v) is 16.8. The van der Waals surface area contributed by atoms with E-state index in [1.165, 1.54) is 44.6 Å². The van der Waals surface area contributed by atoms with Gasteiger partial charge in [0.1, 0.15) is 0 Å². The Morgan fingerprint density at radius 2 is 0.800 bits per heavy atom. The lowest BCUT2D eigenvalue weighted by molar-refractivity contribution is 1.25. The van der Waals surface area contributed by atoms with Crippen molar-refractivity contribution in [3.63, 3.8) is 0 Å². The predicted octanol–water partition coefficient (Wildman–Crippen LogP) is 8.84. The summed E-state index contributed by atoms with van der Waals surface area (Å²) in [4.78, 5) is 21.7. The minimum atomic E-state index is 0.0373. The molecule has 4 aromatic heterocycles. The van der Waals surface area contributed by atoms with Crippen LogP contribution in [0.3, 0.4) is 0 Å². The molecule has 0 amide bonds. The predicted molar refractivity (Wildman–Crippen MR) is 204 cm³/mol. The molecule has 0 spiro atoms. The molecule has 0 radical (unpaired) electrons. The van der Waals surface area contributed by atoms with Crippen molar-refractivity contribution in [2.24, 2.45) is 0 Å². The van der Waals surface area contributed by atoms with E-state index in [0.29, 0.717) is 0 Å². The van der Waals surface area contributed by atoms with Gasteiger partial charge in [0.2, 0.25) is 0 Å². The number of hydrogen-bond acceptors (Lipinski definition) is 5. The second kappa shape index (κ2) is 11.5. The highest BCUT2D eigenvalue weighted by Crippen LogP contribution is 2.47. The zero-order valence-electron chi connectivity index (χ0n) is 27.0. The Labute approximate surface area is 290 Å². The first-order chi connectivity index (χ1) is 24.8. The van der Waals surface area contributed by atoms with Crippen molar-refractivity contribution in [2.75, 3.05) is 4.81 Å². The summed E-state index contributed by atoms with van der Waals surface area (Å²) in [6.07, 6.45) is 3.62. The normalized spacial score (nSPS) is 12.3. The fourth-order valence-electron chi connectivity index (χ4n) is 7.56. The topological polar surface area (TPSA) is 54.8 Å². The fraction of sp³-hybridized carbons (Fsp3) is 0. The van der Waals surface area contributed by atoms with Crippen molar-refractivity contribution >= 4 is 29.1 Å².